The predicted molar refractivity (Wildman–Crippen MR) is 67.3 cm³/mol. The highest BCUT2D eigenvalue weighted by Gasteiger charge is 2.09. The van der Waals surface area contributed by atoms with E-state index in [1.165, 1.54) is 12.1 Å². The fourth-order valence-electron chi connectivity index (χ4n) is 1.43. The van der Waals surface area contributed by atoms with E-state index in [1.54, 1.807) is 30.2 Å². The quantitative estimate of drug-likeness (QED) is 0.848. The molecule has 0 radical (unpaired) electrons. The number of imidazole rings is 1. The highest BCUT2D eigenvalue weighted by Crippen LogP contribution is 2.22. The zero-order valence-electron chi connectivity index (χ0n) is 9.51. The van der Waals surface area contributed by atoms with Crippen molar-refractivity contribution < 1.29 is 4.39 Å². The zero-order chi connectivity index (χ0) is 12.3. The second-order valence-electron chi connectivity index (χ2n) is 3.84. The van der Waals surface area contributed by atoms with Crippen molar-refractivity contribution in [1.82, 2.24) is 9.55 Å². The molecule has 5 heteroatoms. The van der Waals surface area contributed by atoms with Crippen LogP contribution in [0.15, 0.2) is 41.7 Å². The van der Waals surface area contributed by atoms with Gasteiger partial charge in [-0.3, -0.25) is 0 Å². The molecule has 0 saturated heterocycles. The number of benzene rings is 1. The lowest BCUT2D eigenvalue weighted by Crippen LogP contribution is -2.13. The highest BCUT2D eigenvalue weighted by molar-refractivity contribution is 7.99. The van der Waals surface area contributed by atoms with E-state index in [-0.39, 0.29) is 11.9 Å². The maximum atomic E-state index is 12.7. The van der Waals surface area contributed by atoms with E-state index >= 15 is 0 Å². The molecule has 1 heterocycles. The Bertz CT molecular complexity index is 481. The number of nitrogens with zero attached hydrogens (tertiary/aromatic N) is 2. The van der Waals surface area contributed by atoms with Crippen molar-refractivity contribution in [3.63, 3.8) is 0 Å². The third-order valence-electron chi connectivity index (χ3n) is 2.35. The molecule has 0 aliphatic heterocycles. The molecule has 1 aromatic heterocycles. The molecule has 90 valence electrons. The van der Waals surface area contributed by atoms with Gasteiger partial charge in [-0.25, -0.2) is 9.37 Å². The van der Waals surface area contributed by atoms with Crippen molar-refractivity contribution in [3.8, 4) is 0 Å². The first-order chi connectivity index (χ1) is 8.15. The lowest BCUT2D eigenvalue weighted by atomic mass is 10.3. The Labute approximate surface area is 104 Å². The van der Waals surface area contributed by atoms with E-state index in [2.05, 4.69) is 4.98 Å². The molecule has 1 aromatic carbocycles. The molecule has 3 nitrogen and oxygen atoms in total. The van der Waals surface area contributed by atoms with Crippen molar-refractivity contribution in [2.75, 3.05) is 5.75 Å². The Hall–Kier alpha value is -1.33. The summed E-state index contributed by atoms with van der Waals surface area (Å²) in [7, 11) is 1.91. The first-order valence-corrected chi connectivity index (χ1v) is 6.25. The minimum absolute atomic E-state index is 0.105. The summed E-state index contributed by atoms with van der Waals surface area (Å²) >= 11 is 1.60. The van der Waals surface area contributed by atoms with E-state index in [0.717, 1.165) is 16.3 Å². The second kappa shape index (κ2) is 5.33. The summed E-state index contributed by atoms with van der Waals surface area (Å²) in [5.41, 5.74) is 6.89. The van der Waals surface area contributed by atoms with Gasteiger partial charge in [0, 0.05) is 23.9 Å². The van der Waals surface area contributed by atoms with Crippen LogP contribution in [-0.4, -0.2) is 15.3 Å². The first-order valence-electron chi connectivity index (χ1n) is 5.27. The molecule has 0 saturated carbocycles. The zero-order valence-corrected chi connectivity index (χ0v) is 10.3. The Morgan fingerprint density at radius 1 is 1.41 bits per heavy atom. The molecule has 2 aromatic rings. The number of hydrogen-bond donors (Lipinski definition) is 1. The molecule has 2 N–H and O–H groups in total. The molecular formula is C12H14FN3S. The van der Waals surface area contributed by atoms with Gasteiger partial charge < -0.3 is 10.3 Å². The van der Waals surface area contributed by atoms with Crippen LogP contribution in [0, 0.1) is 5.82 Å². The normalized spacial score (nSPS) is 12.6. The summed E-state index contributed by atoms with van der Waals surface area (Å²) in [6, 6.07) is 6.31. The molecular weight excluding hydrogens is 237 g/mol. The molecule has 0 amide bonds. The number of rotatable bonds is 4. The molecule has 0 aliphatic rings. The summed E-state index contributed by atoms with van der Waals surface area (Å²) in [6.45, 7) is 0. The lowest BCUT2D eigenvalue weighted by molar-refractivity contribution is 0.626. The maximum Gasteiger partial charge on any atom is 0.123 e. The van der Waals surface area contributed by atoms with Crippen molar-refractivity contribution in [3.05, 3.63) is 48.3 Å². The van der Waals surface area contributed by atoms with Gasteiger partial charge in [0.15, 0.2) is 0 Å². The Kier molecular flexibility index (Phi) is 3.81. The van der Waals surface area contributed by atoms with Crippen LogP contribution < -0.4 is 5.73 Å². The van der Waals surface area contributed by atoms with E-state index in [4.69, 9.17) is 5.73 Å². The first kappa shape index (κ1) is 12.1. The number of aromatic nitrogens is 2. The van der Waals surface area contributed by atoms with Gasteiger partial charge in [-0.15, -0.1) is 11.8 Å². The second-order valence-corrected chi connectivity index (χ2v) is 4.93. The van der Waals surface area contributed by atoms with Gasteiger partial charge in [-0.1, -0.05) is 0 Å². The largest absolute Gasteiger partial charge is 0.340 e. The van der Waals surface area contributed by atoms with E-state index in [0.29, 0.717) is 0 Å². The highest BCUT2D eigenvalue weighted by atomic mass is 32.2. The van der Waals surface area contributed by atoms with E-state index in [9.17, 15) is 4.39 Å². The lowest BCUT2D eigenvalue weighted by Gasteiger charge is -2.08. The molecule has 0 spiro atoms. The van der Waals surface area contributed by atoms with E-state index in [1.807, 2.05) is 17.8 Å². The van der Waals surface area contributed by atoms with Crippen molar-refractivity contribution in [1.29, 1.82) is 0 Å². The average molecular weight is 251 g/mol. The number of aryl methyl sites for hydroxylation is 1. The monoisotopic (exact) mass is 251 g/mol. The summed E-state index contributed by atoms with van der Waals surface area (Å²) in [5, 5.41) is 0. The topological polar surface area (TPSA) is 43.8 Å². The van der Waals surface area contributed by atoms with Crippen molar-refractivity contribution in [2.24, 2.45) is 12.8 Å². The Morgan fingerprint density at radius 2 is 2.12 bits per heavy atom. The van der Waals surface area contributed by atoms with Gasteiger partial charge in [0.2, 0.25) is 0 Å². The summed E-state index contributed by atoms with van der Waals surface area (Å²) in [6.07, 6.45) is 3.65. The summed E-state index contributed by atoms with van der Waals surface area (Å²) in [4.78, 5) is 5.22. The fourth-order valence-corrected chi connectivity index (χ4v) is 2.30. The molecule has 0 aliphatic carbocycles. The van der Waals surface area contributed by atoms with Gasteiger partial charge in [0.05, 0.1) is 18.1 Å². The Morgan fingerprint density at radius 3 is 2.71 bits per heavy atom. The van der Waals surface area contributed by atoms with Gasteiger partial charge in [-0.2, -0.15) is 0 Å². The van der Waals surface area contributed by atoms with Crippen LogP contribution in [0.2, 0.25) is 0 Å². The molecule has 1 unspecified atom stereocenters. The SMILES string of the molecule is Cn1cnc(C(N)CSc2ccc(F)cc2)c1. The third kappa shape index (κ3) is 3.31. The number of thioether (sulfide) groups is 1. The smallest absolute Gasteiger partial charge is 0.123 e. The molecule has 0 bridgehead atoms. The number of nitrogens with two attached hydrogens (primary N) is 1. The van der Waals surface area contributed by atoms with Crippen LogP contribution in [0.1, 0.15) is 11.7 Å². The molecule has 2 rings (SSSR count). The molecule has 17 heavy (non-hydrogen) atoms. The van der Waals surface area contributed by atoms with Crippen molar-refractivity contribution in [2.45, 2.75) is 10.9 Å². The van der Waals surface area contributed by atoms with Gasteiger partial charge in [0.1, 0.15) is 5.82 Å². The van der Waals surface area contributed by atoms with Crippen molar-refractivity contribution >= 4 is 11.8 Å². The summed E-state index contributed by atoms with van der Waals surface area (Å²) < 4.78 is 14.6. The van der Waals surface area contributed by atoms with E-state index < -0.39 is 0 Å². The minimum Gasteiger partial charge on any atom is -0.340 e. The van der Waals surface area contributed by atoms with Crippen LogP contribution in [0.4, 0.5) is 4.39 Å². The number of halogens is 1. The maximum absolute atomic E-state index is 12.7. The average Bonchev–Trinajstić information content (AvgIpc) is 2.75. The van der Waals surface area contributed by atoms with Gasteiger partial charge in [-0.05, 0) is 24.3 Å². The van der Waals surface area contributed by atoms with Crippen LogP contribution >= 0.6 is 11.8 Å². The number of hydrogen-bond acceptors (Lipinski definition) is 3. The standard InChI is InChI=1S/C12H14FN3S/c1-16-6-12(15-8-16)11(14)7-17-10-4-2-9(13)3-5-10/h2-6,8,11H,7,14H2,1H3. The van der Waals surface area contributed by atoms with Crippen LogP contribution in [0.25, 0.3) is 0 Å². The Balaban J connectivity index is 1.92. The molecule has 1 atom stereocenters. The minimum atomic E-state index is -0.219. The van der Waals surface area contributed by atoms with Crippen LogP contribution in [0.5, 0.6) is 0 Å². The van der Waals surface area contributed by atoms with Gasteiger partial charge >= 0.3 is 0 Å². The third-order valence-corrected chi connectivity index (χ3v) is 3.48. The van der Waals surface area contributed by atoms with Crippen LogP contribution in [0.3, 0.4) is 0 Å². The fraction of sp³-hybridized carbons (Fsp3) is 0.250. The molecule has 0 fully saturated rings. The summed E-state index contributed by atoms with van der Waals surface area (Å²) in [5.74, 6) is 0.506. The predicted octanol–water partition coefficient (Wildman–Crippen LogP) is 2.35. The van der Waals surface area contributed by atoms with Crippen LogP contribution in [-0.2, 0) is 7.05 Å². The van der Waals surface area contributed by atoms with Gasteiger partial charge in [0.25, 0.3) is 0 Å².